The molecule has 1 N–H and O–H groups in total. The summed E-state index contributed by atoms with van der Waals surface area (Å²) in [5.74, 6) is -3.95. The minimum Gasteiger partial charge on any atom is -0.378 e. The number of hydrogen-bond acceptors (Lipinski definition) is 2. The fourth-order valence-electron chi connectivity index (χ4n) is 1.82. The van der Waals surface area contributed by atoms with Gasteiger partial charge in [-0.2, -0.15) is 5.26 Å². The van der Waals surface area contributed by atoms with Gasteiger partial charge >= 0.3 is 0 Å². The second-order valence-corrected chi connectivity index (χ2v) is 4.33. The summed E-state index contributed by atoms with van der Waals surface area (Å²) in [4.78, 5) is 0. The zero-order valence-corrected chi connectivity index (χ0v) is 10.7. The molecular weight excluding hydrogens is 265 g/mol. The van der Waals surface area contributed by atoms with Gasteiger partial charge in [-0.15, -0.1) is 0 Å². The number of nitrogens with one attached hydrogen (secondary N) is 1. The molecule has 0 amide bonds. The van der Waals surface area contributed by atoms with E-state index < -0.39 is 17.5 Å². The van der Waals surface area contributed by atoms with E-state index in [4.69, 9.17) is 5.26 Å². The van der Waals surface area contributed by atoms with Crippen LogP contribution in [0.25, 0.3) is 0 Å². The molecule has 0 aliphatic heterocycles. The molecule has 0 fully saturated rings. The van der Waals surface area contributed by atoms with E-state index >= 15 is 0 Å². The minimum atomic E-state index is -1.49. The Morgan fingerprint density at radius 3 is 2.50 bits per heavy atom. The largest absolute Gasteiger partial charge is 0.378 e. The molecule has 0 saturated heterocycles. The number of nitrogens with zero attached hydrogens (tertiary/aromatic N) is 1. The monoisotopic (exact) mass is 276 g/mol. The fraction of sp³-hybridized carbons (Fsp3) is 0.133. The molecule has 0 bridgehead atoms. The van der Waals surface area contributed by atoms with Gasteiger partial charge in [0.25, 0.3) is 0 Å². The van der Waals surface area contributed by atoms with Crippen molar-refractivity contribution >= 4 is 5.69 Å². The Kier molecular flexibility index (Phi) is 3.94. The summed E-state index contributed by atoms with van der Waals surface area (Å²) in [6.45, 7) is 2.07. The van der Waals surface area contributed by atoms with Crippen LogP contribution in [0.1, 0.15) is 16.7 Å². The number of nitriles is 1. The Morgan fingerprint density at radius 2 is 1.85 bits per heavy atom. The third-order valence-corrected chi connectivity index (χ3v) is 2.98. The topological polar surface area (TPSA) is 35.8 Å². The van der Waals surface area contributed by atoms with E-state index in [1.165, 1.54) is 0 Å². The van der Waals surface area contributed by atoms with Gasteiger partial charge in [-0.1, -0.05) is 6.07 Å². The Labute approximate surface area is 114 Å². The lowest BCUT2D eigenvalue weighted by molar-refractivity contribution is 0.449. The lowest BCUT2D eigenvalue weighted by Gasteiger charge is -2.10. The molecule has 0 radical (unpaired) electrons. The van der Waals surface area contributed by atoms with E-state index in [0.29, 0.717) is 5.56 Å². The van der Waals surface area contributed by atoms with Crippen molar-refractivity contribution in [2.75, 3.05) is 5.32 Å². The maximum absolute atomic E-state index is 13.5. The van der Waals surface area contributed by atoms with Crippen LogP contribution in [0.5, 0.6) is 0 Å². The molecule has 0 heterocycles. The van der Waals surface area contributed by atoms with Gasteiger partial charge in [0.2, 0.25) is 0 Å². The third-order valence-electron chi connectivity index (χ3n) is 2.98. The molecular formula is C15H11F3N2. The smallest absolute Gasteiger partial charge is 0.196 e. The van der Waals surface area contributed by atoms with E-state index in [1.807, 2.05) is 13.0 Å². The van der Waals surface area contributed by atoms with Crippen LogP contribution in [0.3, 0.4) is 0 Å². The Balaban J connectivity index is 2.18. The Bertz CT molecular complexity index is 690. The van der Waals surface area contributed by atoms with Gasteiger partial charge in [-0.05, 0) is 42.3 Å². The lowest BCUT2D eigenvalue weighted by atomic mass is 10.1. The average molecular weight is 276 g/mol. The highest BCUT2D eigenvalue weighted by atomic mass is 19.2. The van der Waals surface area contributed by atoms with Crippen molar-refractivity contribution in [1.82, 2.24) is 0 Å². The van der Waals surface area contributed by atoms with Gasteiger partial charge in [-0.3, -0.25) is 0 Å². The molecule has 0 aliphatic rings. The number of anilines is 1. The number of rotatable bonds is 3. The molecule has 0 atom stereocenters. The second-order valence-electron chi connectivity index (χ2n) is 4.33. The van der Waals surface area contributed by atoms with Crippen molar-refractivity contribution < 1.29 is 13.2 Å². The molecule has 2 aromatic rings. The molecule has 102 valence electrons. The molecule has 2 rings (SSSR count). The van der Waals surface area contributed by atoms with Crippen LogP contribution in [0, 0.1) is 35.7 Å². The van der Waals surface area contributed by atoms with Crippen LogP contribution in [0.2, 0.25) is 0 Å². The van der Waals surface area contributed by atoms with Gasteiger partial charge in [0, 0.05) is 6.54 Å². The zero-order chi connectivity index (χ0) is 14.7. The number of benzene rings is 2. The summed E-state index contributed by atoms with van der Waals surface area (Å²) in [5.41, 5.74) is 2.13. The Hall–Kier alpha value is -2.48. The van der Waals surface area contributed by atoms with Crippen molar-refractivity contribution in [3.63, 3.8) is 0 Å². The fourth-order valence-corrected chi connectivity index (χ4v) is 1.82. The van der Waals surface area contributed by atoms with Crippen LogP contribution in [-0.4, -0.2) is 0 Å². The van der Waals surface area contributed by atoms with Gasteiger partial charge in [0.05, 0.1) is 17.3 Å². The molecule has 20 heavy (non-hydrogen) atoms. The van der Waals surface area contributed by atoms with Gasteiger partial charge in [0.15, 0.2) is 17.5 Å². The highest BCUT2D eigenvalue weighted by Crippen LogP contribution is 2.21. The maximum atomic E-state index is 13.5. The van der Waals surface area contributed by atoms with E-state index in [1.54, 1.807) is 18.2 Å². The molecule has 0 saturated carbocycles. The Morgan fingerprint density at radius 1 is 1.10 bits per heavy atom. The van der Waals surface area contributed by atoms with Crippen LogP contribution < -0.4 is 5.32 Å². The van der Waals surface area contributed by atoms with Gasteiger partial charge in [0.1, 0.15) is 0 Å². The normalized spacial score (nSPS) is 10.2. The van der Waals surface area contributed by atoms with Crippen molar-refractivity contribution in [2.24, 2.45) is 0 Å². The van der Waals surface area contributed by atoms with Crippen LogP contribution in [0.15, 0.2) is 30.3 Å². The third kappa shape index (κ3) is 2.75. The SMILES string of the molecule is Cc1cc(C#N)ccc1CNc1ccc(F)c(F)c1F. The minimum absolute atomic E-state index is 0.104. The van der Waals surface area contributed by atoms with E-state index in [9.17, 15) is 13.2 Å². The van der Waals surface area contributed by atoms with Crippen LogP contribution in [-0.2, 0) is 6.54 Å². The highest BCUT2D eigenvalue weighted by molar-refractivity contribution is 5.47. The number of hydrogen-bond donors (Lipinski definition) is 1. The standard InChI is InChI=1S/C15H11F3N2/c1-9-6-10(7-19)2-3-11(9)8-20-13-5-4-12(16)14(17)15(13)18/h2-6,20H,8H2,1H3. The first kappa shape index (κ1) is 13.9. The first-order valence-electron chi connectivity index (χ1n) is 5.90. The van der Waals surface area contributed by atoms with E-state index in [2.05, 4.69) is 5.32 Å². The molecule has 0 aliphatic carbocycles. The number of halogens is 3. The molecule has 0 aromatic heterocycles. The van der Waals surface area contributed by atoms with Crippen LogP contribution >= 0.6 is 0 Å². The first-order chi connectivity index (χ1) is 9.52. The maximum Gasteiger partial charge on any atom is 0.196 e. The molecule has 0 unspecified atom stereocenters. The predicted octanol–water partition coefficient (Wildman–Crippen LogP) is 3.90. The summed E-state index contributed by atoms with van der Waals surface area (Å²) >= 11 is 0. The highest BCUT2D eigenvalue weighted by Gasteiger charge is 2.13. The summed E-state index contributed by atoms with van der Waals surface area (Å²) < 4.78 is 39.3. The summed E-state index contributed by atoms with van der Waals surface area (Å²) in [6.07, 6.45) is 0. The molecule has 0 spiro atoms. The molecule has 5 heteroatoms. The van der Waals surface area contributed by atoms with Crippen molar-refractivity contribution in [3.05, 3.63) is 64.5 Å². The van der Waals surface area contributed by atoms with Crippen molar-refractivity contribution in [1.29, 1.82) is 5.26 Å². The van der Waals surface area contributed by atoms with Crippen molar-refractivity contribution in [3.8, 4) is 6.07 Å². The zero-order valence-electron chi connectivity index (χ0n) is 10.7. The second kappa shape index (κ2) is 5.66. The van der Waals surface area contributed by atoms with Crippen LogP contribution in [0.4, 0.5) is 18.9 Å². The number of aryl methyl sites for hydroxylation is 1. The molecule has 2 aromatic carbocycles. The average Bonchev–Trinajstić information content (AvgIpc) is 2.45. The van der Waals surface area contributed by atoms with Crippen molar-refractivity contribution in [2.45, 2.75) is 13.5 Å². The predicted molar refractivity (Wildman–Crippen MR) is 69.5 cm³/mol. The first-order valence-corrected chi connectivity index (χ1v) is 5.90. The van der Waals surface area contributed by atoms with E-state index in [-0.39, 0.29) is 12.2 Å². The van der Waals surface area contributed by atoms with E-state index in [0.717, 1.165) is 23.3 Å². The van der Waals surface area contributed by atoms with Gasteiger partial charge < -0.3 is 5.32 Å². The summed E-state index contributed by atoms with van der Waals surface area (Å²) in [7, 11) is 0. The summed E-state index contributed by atoms with van der Waals surface area (Å²) in [5, 5.41) is 11.5. The summed E-state index contributed by atoms with van der Waals surface area (Å²) in [6, 6.07) is 9.12. The quantitative estimate of drug-likeness (QED) is 0.863. The molecule has 2 nitrogen and oxygen atoms in total. The lowest BCUT2D eigenvalue weighted by Crippen LogP contribution is -2.05. The van der Waals surface area contributed by atoms with Gasteiger partial charge in [-0.25, -0.2) is 13.2 Å².